The van der Waals surface area contributed by atoms with Gasteiger partial charge in [-0.1, -0.05) is 19.1 Å². The van der Waals surface area contributed by atoms with Crippen LogP contribution in [0.25, 0.3) is 0 Å². The highest BCUT2D eigenvalue weighted by atomic mass is 32.1. The van der Waals surface area contributed by atoms with Gasteiger partial charge in [0.1, 0.15) is 6.61 Å². The number of benzene rings is 1. The Morgan fingerprint density at radius 1 is 1.33 bits per heavy atom. The van der Waals surface area contributed by atoms with Crippen LogP contribution >= 0.6 is 11.3 Å². The van der Waals surface area contributed by atoms with Gasteiger partial charge in [-0.2, -0.15) is 0 Å². The number of ether oxygens (including phenoxy) is 2. The first-order valence-electron chi connectivity index (χ1n) is 8.33. The highest BCUT2D eigenvalue weighted by Crippen LogP contribution is 2.32. The number of para-hydroxylation sites is 2. The van der Waals surface area contributed by atoms with Gasteiger partial charge in [-0.15, -0.1) is 11.3 Å². The van der Waals surface area contributed by atoms with E-state index in [1.165, 1.54) is 16.9 Å². The van der Waals surface area contributed by atoms with E-state index in [2.05, 4.69) is 18.3 Å². The molecule has 128 valence electrons. The second-order valence-electron chi connectivity index (χ2n) is 6.16. The third-order valence-electron chi connectivity index (χ3n) is 4.27. The molecule has 0 fully saturated rings. The summed E-state index contributed by atoms with van der Waals surface area (Å²) in [6.07, 6.45) is 3.42. The lowest BCUT2D eigenvalue weighted by atomic mass is 9.90. The largest absolute Gasteiger partial charge is 0.493 e. The van der Waals surface area contributed by atoms with Gasteiger partial charge in [0, 0.05) is 4.88 Å². The van der Waals surface area contributed by atoms with Crippen LogP contribution in [-0.2, 0) is 12.8 Å². The van der Waals surface area contributed by atoms with Gasteiger partial charge >= 0.3 is 0 Å². The van der Waals surface area contributed by atoms with Gasteiger partial charge in [-0.3, -0.25) is 4.79 Å². The van der Waals surface area contributed by atoms with Crippen molar-refractivity contribution in [2.75, 3.05) is 20.3 Å². The number of nitrogens with one attached hydrogen (secondary N) is 1. The Morgan fingerprint density at radius 3 is 2.92 bits per heavy atom. The number of thiophene rings is 1. The van der Waals surface area contributed by atoms with Gasteiger partial charge in [0.05, 0.1) is 18.5 Å². The Balaban J connectivity index is 1.49. The number of hydrogen-bond donors (Lipinski definition) is 1. The van der Waals surface area contributed by atoms with Crippen LogP contribution in [-0.4, -0.2) is 26.2 Å². The van der Waals surface area contributed by atoms with Crippen LogP contribution < -0.4 is 14.8 Å². The van der Waals surface area contributed by atoms with Crippen molar-refractivity contribution in [3.05, 3.63) is 45.6 Å². The van der Waals surface area contributed by atoms with Crippen LogP contribution in [0, 0.1) is 5.92 Å². The van der Waals surface area contributed by atoms with E-state index in [1.807, 2.05) is 24.3 Å². The molecule has 0 saturated carbocycles. The molecule has 2 aromatic rings. The van der Waals surface area contributed by atoms with E-state index in [4.69, 9.17) is 9.47 Å². The molecule has 1 aliphatic carbocycles. The topological polar surface area (TPSA) is 47.6 Å². The van der Waals surface area contributed by atoms with Gasteiger partial charge in [-0.25, -0.2) is 0 Å². The maximum absolute atomic E-state index is 12.3. The van der Waals surface area contributed by atoms with Crippen molar-refractivity contribution in [2.24, 2.45) is 5.92 Å². The number of carbonyl (C=O) groups is 1. The number of carbonyl (C=O) groups excluding carboxylic acids is 1. The molecule has 0 aliphatic heterocycles. The fraction of sp³-hybridized carbons (Fsp3) is 0.421. The standard InChI is InChI=1S/C19H23NO3S/c1-13-7-8-17-14(11-13)12-18(24-17)19(21)20-9-10-23-16-6-4-3-5-15(16)22-2/h3-6,12-13H,7-11H2,1-2H3,(H,20,21)/t13-/m0/s1. The summed E-state index contributed by atoms with van der Waals surface area (Å²) in [5.41, 5.74) is 1.36. The molecule has 1 aliphatic rings. The first-order chi connectivity index (χ1) is 11.7. The fourth-order valence-electron chi connectivity index (χ4n) is 2.97. The zero-order chi connectivity index (χ0) is 16.9. The smallest absolute Gasteiger partial charge is 0.261 e. The van der Waals surface area contributed by atoms with Crippen molar-refractivity contribution in [2.45, 2.75) is 26.2 Å². The molecular formula is C19H23NO3S. The van der Waals surface area contributed by atoms with E-state index in [0.29, 0.717) is 24.7 Å². The Kier molecular flexibility index (Phi) is 5.41. The molecule has 24 heavy (non-hydrogen) atoms. The van der Waals surface area contributed by atoms with Gasteiger partial charge in [0.25, 0.3) is 5.91 Å². The highest BCUT2D eigenvalue weighted by molar-refractivity contribution is 7.14. The lowest BCUT2D eigenvalue weighted by molar-refractivity contribution is 0.0951. The molecule has 1 amide bonds. The predicted molar refractivity (Wildman–Crippen MR) is 96.3 cm³/mol. The summed E-state index contributed by atoms with van der Waals surface area (Å²) in [5, 5.41) is 2.93. The van der Waals surface area contributed by atoms with Gasteiger partial charge in [0.15, 0.2) is 11.5 Å². The molecule has 0 saturated heterocycles. The summed E-state index contributed by atoms with van der Waals surface area (Å²) in [7, 11) is 1.61. The Bertz CT molecular complexity index is 710. The lowest BCUT2D eigenvalue weighted by Gasteiger charge is -2.16. The third kappa shape index (κ3) is 3.90. The quantitative estimate of drug-likeness (QED) is 0.812. The van der Waals surface area contributed by atoms with Crippen molar-refractivity contribution in [1.82, 2.24) is 5.32 Å². The Hall–Kier alpha value is -2.01. The third-order valence-corrected chi connectivity index (χ3v) is 5.50. The van der Waals surface area contributed by atoms with E-state index in [1.54, 1.807) is 18.4 Å². The first kappa shape index (κ1) is 16.8. The molecule has 0 unspecified atom stereocenters. The monoisotopic (exact) mass is 345 g/mol. The van der Waals surface area contributed by atoms with Crippen molar-refractivity contribution in [3.63, 3.8) is 0 Å². The van der Waals surface area contributed by atoms with Crippen molar-refractivity contribution < 1.29 is 14.3 Å². The molecule has 1 aromatic carbocycles. The average Bonchev–Trinajstić information content (AvgIpc) is 3.02. The van der Waals surface area contributed by atoms with Crippen molar-refractivity contribution in [3.8, 4) is 11.5 Å². The van der Waals surface area contributed by atoms with E-state index in [-0.39, 0.29) is 5.91 Å². The minimum Gasteiger partial charge on any atom is -0.493 e. The van der Waals surface area contributed by atoms with Gasteiger partial charge < -0.3 is 14.8 Å². The second-order valence-corrected chi connectivity index (χ2v) is 7.30. The number of hydrogen-bond acceptors (Lipinski definition) is 4. The molecule has 1 heterocycles. The minimum atomic E-state index is -0.00863. The maximum Gasteiger partial charge on any atom is 0.261 e. The van der Waals surface area contributed by atoms with Gasteiger partial charge in [-0.05, 0) is 48.9 Å². The van der Waals surface area contributed by atoms with Crippen LogP contribution in [0.3, 0.4) is 0 Å². The van der Waals surface area contributed by atoms with E-state index in [0.717, 1.165) is 23.6 Å². The number of aryl methyl sites for hydroxylation is 1. The van der Waals surface area contributed by atoms with E-state index < -0.39 is 0 Å². The molecular weight excluding hydrogens is 322 g/mol. The first-order valence-corrected chi connectivity index (χ1v) is 9.14. The molecule has 3 rings (SSSR count). The molecule has 1 N–H and O–H groups in total. The van der Waals surface area contributed by atoms with Crippen molar-refractivity contribution in [1.29, 1.82) is 0 Å². The van der Waals surface area contributed by atoms with Crippen LogP contribution in [0.2, 0.25) is 0 Å². The van der Waals surface area contributed by atoms with E-state index in [9.17, 15) is 4.79 Å². The maximum atomic E-state index is 12.3. The number of fused-ring (bicyclic) bond motifs is 1. The Labute approximate surface area is 146 Å². The van der Waals surface area contributed by atoms with Gasteiger partial charge in [0.2, 0.25) is 0 Å². The van der Waals surface area contributed by atoms with E-state index >= 15 is 0 Å². The summed E-state index contributed by atoms with van der Waals surface area (Å²) < 4.78 is 10.9. The molecule has 0 spiro atoms. The number of amides is 1. The van der Waals surface area contributed by atoms with Crippen LogP contribution in [0.15, 0.2) is 30.3 Å². The number of methoxy groups -OCH3 is 1. The molecule has 1 atom stereocenters. The molecule has 0 bridgehead atoms. The predicted octanol–water partition coefficient (Wildman–Crippen LogP) is 3.69. The summed E-state index contributed by atoms with van der Waals surface area (Å²) in [6.45, 7) is 3.15. The summed E-state index contributed by atoms with van der Waals surface area (Å²) >= 11 is 1.63. The highest BCUT2D eigenvalue weighted by Gasteiger charge is 2.20. The summed E-state index contributed by atoms with van der Waals surface area (Å²) in [5.74, 6) is 2.10. The average molecular weight is 345 g/mol. The van der Waals surface area contributed by atoms with Crippen LogP contribution in [0.4, 0.5) is 0 Å². The SMILES string of the molecule is COc1ccccc1OCCNC(=O)c1cc2c(s1)CC[C@H](C)C2. The van der Waals surface area contributed by atoms with Crippen LogP contribution in [0.5, 0.6) is 11.5 Å². The summed E-state index contributed by atoms with van der Waals surface area (Å²) in [4.78, 5) is 14.5. The molecule has 4 nitrogen and oxygen atoms in total. The summed E-state index contributed by atoms with van der Waals surface area (Å²) in [6, 6.07) is 9.56. The van der Waals surface area contributed by atoms with Crippen LogP contribution in [0.1, 0.15) is 33.5 Å². The van der Waals surface area contributed by atoms with Crippen molar-refractivity contribution >= 4 is 17.2 Å². The normalized spacial score (nSPS) is 16.3. The Morgan fingerprint density at radius 2 is 2.12 bits per heavy atom. The minimum absolute atomic E-state index is 0.00863. The lowest BCUT2D eigenvalue weighted by Crippen LogP contribution is -2.27. The zero-order valence-corrected chi connectivity index (χ0v) is 14.9. The zero-order valence-electron chi connectivity index (χ0n) is 14.1. The fourth-order valence-corrected chi connectivity index (χ4v) is 4.09. The number of rotatable bonds is 6. The molecule has 0 radical (unpaired) electrons. The molecule has 1 aromatic heterocycles. The second kappa shape index (κ2) is 7.71. The molecule has 5 heteroatoms.